The Balaban J connectivity index is 1.33. The monoisotopic (exact) mass is 410 g/mol. The highest BCUT2D eigenvalue weighted by Crippen LogP contribution is 2.37. The van der Waals surface area contributed by atoms with Crippen LogP contribution in [0.2, 0.25) is 0 Å². The van der Waals surface area contributed by atoms with Gasteiger partial charge in [0.15, 0.2) is 0 Å². The molecule has 0 bridgehead atoms. The summed E-state index contributed by atoms with van der Waals surface area (Å²) >= 11 is 1.63. The van der Waals surface area contributed by atoms with Gasteiger partial charge in [0.05, 0.1) is 5.39 Å². The molecule has 0 atom stereocenters. The molecule has 0 saturated carbocycles. The summed E-state index contributed by atoms with van der Waals surface area (Å²) in [4.78, 5) is 10.8. The van der Waals surface area contributed by atoms with E-state index in [9.17, 15) is 0 Å². The number of benzene rings is 3. The number of hydrogen-bond donors (Lipinski definition) is 0. The van der Waals surface area contributed by atoms with E-state index in [2.05, 4.69) is 28.2 Å². The number of ether oxygens (including phenoxy) is 2. The van der Waals surface area contributed by atoms with Gasteiger partial charge in [0.2, 0.25) is 5.88 Å². The van der Waals surface area contributed by atoms with Gasteiger partial charge in [-0.25, -0.2) is 9.97 Å². The maximum atomic E-state index is 6.06. The minimum absolute atomic E-state index is 0.532. The molecule has 0 N–H and O–H groups in total. The maximum Gasteiger partial charge on any atom is 0.231 e. The van der Waals surface area contributed by atoms with Crippen LogP contribution >= 0.6 is 11.3 Å². The molecule has 0 aliphatic rings. The second kappa shape index (κ2) is 8.35. The van der Waals surface area contributed by atoms with Crippen molar-refractivity contribution in [1.82, 2.24) is 9.97 Å². The summed E-state index contributed by atoms with van der Waals surface area (Å²) in [6.07, 6.45) is 1.54. The van der Waals surface area contributed by atoms with Gasteiger partial charge in [0, 0.05) is 4.88 Å². The summed E-state index contributed by atoms with van der Waals surface area (Å²) in [6.45, 7) is 0.532. The topological polar surface area (TPSA) is 44.2 Å². The van der Waals surface area contributed by atoms with Crippen molar-refractivity contribution in [2.75, 3.05) is 0 Å². The van der Waals surface area contributed by atoms with E-state index in [1.54, 1.807) is 17.7 Å². The molecule has 30 heavy (non-hydrogen) atoms. The van der Waals surface area contributed by atoms with Crippen molar-refractivity contribution >= 4 is 21.6 Å². The normalized spacial score (nSPS) is 10.8. The molecule has 0 radical (unpaired) electrons. The molecule has 2 heterocycles. The molecular formula is C25H18N2O2S. The van der Waals surface area contributed by atoms with Gasteiger partial charge in [-0.15, -0.1) is 11.3 Å². The van der Waals surface area contributed by atoms with Crippen molar-refractivity contribution in [3.63, 3.8) is 0 Å². The fourth-order valence-corrected chi connectivity index (χ4v) is 4.11. The predicted octanol–water partition coefficient (Wildman–Crippen LogP) is 6.73. The Bertz CT molecular complexity index is 1250. The first-order valence-electron chi connectivity index (χ1n) is 9.60. The number of rotatable bonds is 6. The van der Waals surface area contributed by atoms with Crippen LogP contribution in [0.15, 0.2) is 97.3 Å². The van der Waals surface area contributed by atoms with Gasteiger partial charge in [-0.3, -0.25) is 0 Å². The molecule has 3 aromatic carbocycles. The third-order valence-electron chi connectivity index (χ3n) is 4.64. The standard InChI is InChI=1S/C25H18N2O2S/c1-3-7-18(8-4-1)16-28-20-11-13-21(14-12-20)29-24-22-15-23(19-9-5-2-6-10-19)30-25(22)27-17-26-24/h1-15,17H,16H2. The lowest BCUT2D eigenvalue weighted by Gasteiger charge is -2.08. The highest BCUT2D eigenvalue weighted by Gasteiger charge is 2.12. The first kappa shape index (κ1) is 18.3. The van der Waals surface area contributed by atoms with Crippen LogP contribution in [0.5, 0.6) is 17.4 Å². The Hall–Kier alpha value is -3.70. The van der Waals surface area contributed by atoms with Crippen molar-refractivity contribution in [1.29, 1.82) is 0 Å². The summed E-state index contributed by atoms with van der Waals surface area (Å²) in [5.74, 6) is 2.05. The largest absolute Gasteiger partial charge is 0.489 e. The molecule has 0 aliphatic carbocycles. The average molecular weight is 410 g/mol. The Labute approximate surface area is 178 Å². The van der Waals surface area contributed by atoms with Gasteiger partial charge in [-0.1, -0.05) is 60.7 Å². The molecule has 146 valence electrons. The summed E-state index contributed by atoms with van der Waals surface area (Å²) in [5.41, 5.74) is 2.29. The van der Waals surface area contributed by atoms with E-state index in [0.717, 1.165) is 32.0 Å². The smallest absolute Gasteiger partial charge is 0.231 e. The minimum Gasteiger partial charge on any atom is -0.489 e. The van der Waals surface area contributed by atoms with Crippen molar-refractivity contribution in [2.24, 2.45) is 0 Å². The molecule has 5 heteroatoms. The third-order valence-corrected chi connectivity index (χ3v) is 5.73. The van der Waals surface area contributed by atoms with E-state index in [-0.39, 0.29) is 0 Å². The lowest BCUT2D eigenvalue weighted by atomic mass is 10.2. The van der Waals surface area contributed by atoms with Gasteiger partial charge in [-0.05, 0) is 41.5 Å². The number of aromatic nitrogens is 2. The molecule has 5 aromatic rings. The summed E-state index contributed by atoms with van der Waals surface area (Å²) in [7, 11) is 0. The van der Waals surface area contributed by atoms with Crippen molar-refractivity contribution in [2.45, 2.75) is 6.61 Å². The van der Waals surface area contributed by atoms with Gasteiger partial charge < -0.3 is 9.47 Å². The number of thiophene rings is 1. The number of hydrogen-bond acceptors (Lipinski definition) is 5. The fourth-order valence-electron chi connectivity index (χ4n) is 3.12. The molecule has 0 spiro atoms. The third kappa shape index (κ3) is 4.02. The zero-order valence-corrected chi connectivity index (χ0v) is 16.9. The molecular weight excluding hydrogens is 392 g/mol. The van der Waals surface area contributed by atoms with E-state index in [1.165, 1.54) is 0 Å². The Kier molecular flexibility index (Phi) is 5.10. The highest BCUT2D eigenvalue weighted by atomic mass is 32.1. The fraction of sp³-hybridized carbons (Fsp3) is 0.0400. The van der Waals surface area contributed by atoms with Gasteiger partial charge >= 0.3 is 0 Å². The SMILES string of the molecule is c1ccc(COc2ccc(Oc3ncnc4sc(-c5ccccc5)cc34)cc2)cc1. The average Bonchev–Trinajstić information content (AvgIpc) is 3.26. The van der Waals surface area contributed by atoms with Crippen LogP contribution in [0.1, 0.15) is 5.56 Å². The molecule has 0 saturated heterocycles. The molecule has 0 amide bonds. The first-order valence-corrected chi connectivity index (χ1v) is 10.4. The maximum absolute atomic E-state index is 6.06. The van der Waals surface area contributed by atoms with Crippen LogP contribution in [0.4, 0.5) is 0 Å². The number of fused-ring (bicyclic) bond motifs is 1. The molecule has 0 aliphatic heterocycles. The predicted molar refractivity (Wildman–Crippen MR) is 120 cm³/mol. The van der Waals surface area contributed by atoms with Crippen LogP contribution < -0.4 is 9.47 Å². The molecule has 5 rings (SSSR count). The lowest BCUT2D eigenvalue weighted by molar-refractivity contribution is 0.305. The molecule has 2 aromatic heterocycles. The summed E-state index contributed by atoms with van der Waals surface area (Å²) in [6, 6.07) is 30.0. The molecule has 4 nitrogen and oxygen atoms in total. The van der Waals surface area contributed by atoms with Crippen molar-refractivity contribution in [3.8, 4) is 27.8 Å². The Morgan fingerprint density at radius 1 is 0.733 bits per heavy atom. The van der Waals surface area contributed by atoms with Crippen molar-refractivity contribution in [3.05, 3.63) is 103 Å². The van der Waals surface area contributed by atoms with Gasteiger partial charge in [0.1, 0.15) is 29.3 Å². The van der Waals surface area contributed by atoms with E-state index in [1.807, 2.05) is 72.8 Å². The zero-order valence-electron chi connectivity index (χ0n) is 16.1. The van der Waals surface area contributed by atoms with Crippen LogP contribution in [0.25, 0.3) is 20.7 Å². The first-order chi connectivity index (χ1) is 14.8. The van der Waals surface area contributed by atoms with E-state index >= 15 is 0 Å². The van der Waals surface area contributed by atoms with E-state index < -0.39 is 0 Å². The van der Waals surface area contributed by atoms with Gasteiger partial charge in [0.25, 0.3) is 0 Å². The second-order valence-corrected chi connectivity index (χ2v) is 7.75. The lowest BCUT2D eigenvalue weighted by Crippen LogP contribution is -1.95. The summed E-state index contributed by atoms with van der Waals surface area (Å²) < 4.78 is 11.9. The highest BCUT2D eigenvalue weighted by molar-refractivity contribution is 7.21. The van der Waals surface area contributed by atoms with Crippen LogP contribution in [-0.2, 0) is 6.61 Å². The molecule has 0 fully saturated rings. The van der Waals surface area contributed by atoms with Crippen LogP contribution in [0.3, 0.4) is 0 Å². The van der Waals surface area contributed by atoms with Crippen molar-refractivity contribution < 1.29 is 9.47 Å². The molecule has 0 unspecified atom stereocenters. The quantitative estimate of drug-likeness (QED) is 0.311. The Morgan fingerprint density at radius 2 is 1.43 bits per heavy atom. The minimum atomic E-state index is 0.532. The van der Waals surface area contributed by atoms with Gasteiger partial charge in [-0.2, -0.15) is 0 Å². The van der Waals surface area contributed by atoms with E-state index in [4.69, 9.17) is 9.47 Å². The van der Waals surface area contributed by atoms with Crippen LogP contribution in [-0.4, -0.2) is 9.97 Å². The van der Waals surface area contributed by atoms with Crippen LogP contribution in [0, 0.1) is 0 Å². The Morgan fingerprint density at radius 3 is 2.20 bits per heavy atom. The summed E-state index contributed by atoms with van der Waals surface area (Å²) in [5, 5.41) is 0.908. The van der Waals surface area contributed by atoms with E-state index in [0.29, 0.717) is 18.2 Å². The second-order valence-electron chi connectivity index (χ2n) is 6.72. The number of nitrogens with zero attached hydrogens (tertiary/aromatic N) is 2. The zero-order chi connectivity index (χ0) is 20.2.